The average Bonchev–Trinajstić information content (AvgIpc) is 2.91. The summed E-state index contributed by atoms with van der Waals surface area (Å²) in [5, 5.41) is 5.19. The number of piperazine rings is 1. The molecule has 0 spiro atoms. The van der Waals surface area contributed by atoms with Gasteiger partial charge in [-0.25, -0.2) is 13.8 Å². The van der Waals surface area contributed by atoms with E-state index in [0.29, 0.717) is 5.69 Å². The summed E-state index contributed by atoms with van der Waals surface area (Å²) in [7, 11) is 2.09. The SMILES string of the molecule is CN1CCN(C2=Nc3c(F)cc(F)cc3Nc3sc4ccccc4c32)CC1. The van der Waals surface area contributed by atoms with Crippen LogP contribution < -0.4 is 5.32 Å². The second-order valence-corrected chi connectivity index (χ2v) is 7.99. The van der Waals surface area contributed by atoms with Gasteiger partial charge in [-0.15, -0.1) is 11.3 Å². The molecular weight excluding hydrogens is 366 g/mol. The smallest absolute Gasteiger partial charge is 0.153 e. The van der Waals surface area contributed by atoms with E-state index in [9.17, 15) is 8.78 Å². The van der Waals surface area contributed by atoms with Crippen LogP contribution in [0.1, 0.15) is 5.56 Å². The summed E-state index contributed by atoms with van der Waals surface area (Å²) in [4.78, 5) is 9.19. The molecule has 0 unspecified atom stereocenters. The summed E-state index contributed by atoms with van der Waals surface area (Å²) < 4.78 is 29.5. The summed E-state index contributed by atoms with van der Waals surface area (Å²) in [6.07, 6.45) is 0. The van der Waals surface area contributed by atoms with Crippen LogP contribution in [0.4, 0.5) is 25.2 Å². The number of thiophene rings is 1. The molecule has 2 aliphatic rings. The van der Waals surface area contributed by atoms with Gasteiger partial charge in [-0.2, -0.15) is 0 Å². The lowest BCUT2D eigenvalue weighted by Gasteiger charge is -2.34. The molecule has 2 aromatic carbocycles. The van der Waals surface area contributed by atoms with Crippen LogP contribution >= 0.6 is 11.3 Å². The van der Waals surface area contributed by atoms with E-state index in [4.69, 9.17) is 4.99 Å². The molecule has 1 saturated heterocycles. The molecule has 7 heteroatoms. The molecule has 2 aliphatic heterocycles. The van der Waals surface area contributed by atoms with Gasteiger partial charge in [-0.1, -0.05) is 18.2 Å². The molecule has 0 saturated carbocycles. The van der Waals surface area contributed by atoms with Gasteiger partial charge in [0.05, 0.1) is 11.3 Å². The first-order chi connectivity index (χ1) is 13.1. The van der Waals surface area contributed by atoms with Gasteiger partial charge >= 0.3 is 0 Å². The Morgan fingerprint density at radius 2 is 1.85 bits per heavy atom. The maximum Gasteiger partial charge on any atom is 0.153 e. The standard InChI is InChI=1S/C20H18F2N4S/c1-25-6-8-26(9-7-25)19-17-13-4-2-3-5-16(13)27-20(17)23-15-11-12(21)10-14(22)18(15)24-19/h2-5,10-11,23H,6-9H2,1H3. The quantitative estimate of drug-likeness (QED) is 0.616. The summed E-state index contributed by atoms with van der Waals surface area (Å²) in [6, 6.07) is 10.3. The molecule has 27 heavy (non-hydrogen) atoms. The number of aliphatic imine (C=N–C) groups is 1. The van der Waals surface area contributed by atoms with E-state index >= 15 is 0 Å². The molecule has 0 bridgehead atoms. The van der Waals surface area contributed by atoms with Gasteiger partial charge in [0.2, 0.25) is 0 Å². The van der Waals surface area contributed by atoms with Gasteiger partial charge in [-0.3, -0.25) is 0 Å². The van der Waals surface area contributed by atoms with Crippen LogP contribution in [0.15, 0.2) is 41.4 Å². The Balaban J connectivity index is 1.75. The van der Waals surface area contributed by atoms with Crippen molar-refractivity contribution >= 4 is 43.6 Å². The predicted molar refractivity (Wildman–Crippen MR) is 107 cm³/mol. The van der Waals surface area contributed by atoms with Crippen LogP contribution in [0, 0.1) is 11.6 Å². The van der Waals surface area contributed by atoms with E-state index in [-0.39, 0.29) is 5.69 Å². The van der Waals surface area contributed by atoms with E-state index in [2.05, 4.69) is 34.3 Å². The zero-order valence-corrected chi connectivity index (χ0v) is 15.6. The fraction of sp³-hybridized carbons (Fsp3) is 0.250. The van der Waals surface area contributed by atoms with Crippen LogP contribution in [-0.2, 0) is 0 Å². The van der Waals surface area contributed by atoms with Crippen molar-refractivity contribution in [2.75, 3.05) is 38.5 Å². The van der Waals surface area contributed by atoms with E-state index in [1.165, 1.54) is 6.07 Å². The summed E-state index contributed by atoms with van der Waals surface area (Å²) in [6.45, 7) is 3.47. The Hall–Kier alpha value is -2.51. The van der Waals surface area contributed by atoms with Crippen molar-refractivity contribution in [2.45, 2.75) is 0 Å². The Bertz CT molecular complexity index is 1070. The maximum absolute atomic E-state index is 14.5. The molecule has 3 aromatic rings. The molecule has 0 atom stereocenters. The van der Waals surface area contributed by atoms with Crippen molar-refractivity contribution < 1.29 is 8.78 Å². The topological polar surface area (TPSA) is 30.9 Å². The number of nitrogens with zero attached hydrogens (tertiary/aromatic N) is 3. The lowest BCUT2D eigenvalue weighted by molar-refractivity contribution is 0.216. The fourth-order valence-corrected chi connectivity index (χ4v) is 4.77. The van der Waals surface area contributed by atoms with E-state index in [1.54, 1.807) is 11.3 Å². The lowest BCUT2D eigenvalue weighted by Crippen LogP contribution is -2.47. The Morgan fingerprint density at radius 1 is 1.07 bits per heavy atom. The number of halogens is 2. The van der Waals surface area contributed by atoms with Gasteiger partial charge < -0.3 is 15.1 Å². The highest BCUT2D eigenvalue weighted by atomic mass is 32.1. The van der Waals surface area contributed by atoms with Crippen LogP contribution in [-0.4, -0.2) is 48.9 Å². The zero-order chi connectivity index (χ0) is 18.5. The van der Waals surface area contributed by atoms with Crippen LogP contribution in [0.25, 0.3) is 10.1 Å². The molecule has 0 aliphatic carbocycles. The lowest BCUT2D eigenvalue weighted by atomic mass is 10.1. The number of hydrogen-bond donors (Lipinski definition) is 1. The number of fused-ring (bicyclic) bond motifs is 4. The number of likely N-dealkylation sites (N-methyl/N-ethyl adjacent to an activating group) is 1. The number of benzene rings is 2. The molecular formula is C20H18F2N4S. The molecule has 0 amide bonds. The zero-order valence-electron chi connectivity index (χ0n) is 14.8. The normalized spacial score (nSPS) is 17.1. The number of amidine groups is 1. The van der Waals surface area contributed by atoms with Gasteiger partial charge in [0.25, 0.3) is 0 Å². The first-order valence-electron chi connectivity index (χ1n) is 8.90. The molecule has 1 fully saturated rings. The molecule has 1 N–H and O–H groups in total. The van der Waals surface area contributed by atoms with Gasteiger partial charge in [0, 0.05) is 42.3 Å². The van der Waals surface area contributed by atoms with Crippen LogP contribution in [0.2, 0.25) is 0 Å². The van der Waals surface area contributed by atoms with Crippen molar-refractivity contribution in [1.82, 2.24) is 9.80 Å². The van der Waals surface area contributed by atoms with Gasteiger partial charge in [0.1, 0.15) is 22.3 Å². The largest absolute Gasteiger partial charge is 0.353 e. The van der Waals surface area contributed by atoms with Crippen molar-refractivity contribution in [3.05, 3.63) is 53.6 Å². The second-order valence-electron chi connectivity index (χ2n) is 6.94. The molecule has 4 nitrogen and oxygen atoms in total. The fourth-order valence-electron chi connectivity index (χ4n) is 3.66. The van der Waals surface area contributed by atoms with E-state index in [1.807, 2.05) is 12.1 Å². The van der Waals surface area contributed by atoms with E-state index in [0.717, 1.165) is 58.7 Å². The van der Waals surface area contributed by atoms with Crippen molar-refractivity contribution in [1.29, 1.82) is 0 Å². The molecule has 3 heterocycles. The molecule has 0 radical (unpaired) electrons. The Labute approximate surface area is 159 Å². The summed E-state index contributed by atoms with van der Waals surface area (Å²) in [5.41, 5.74) is 1.50. The minimum absolute atomic E-state index is 0.165. The maximum atomic E-state index is 14.5. The third-order valence-electron chi connectivity index (χ3n) is 5.12. The predicted octanol–water partition coefficient (Wildman–Crippen LogP) is 4.56. The number of nitrogens with one attached hydrogen (secondary N) is 1. The molecule has 138 valence electrons. The number of anilines is 2. The van der Waals surface area contributed by atoms with Crippen molar-refractivity contribution in [3.63, 3.8) is 0 Å². The number of rotatable bonds is 0. The third kappa shape index (κ3) is 2.78. The highest BCUT2D eigenvalue weighted by Gasteiger charge is 2.28. The third-order valence-corrected chi connectivity index (χ3v) is 6.20. The molecule has 5 rings (SSSR count). The number of hydrogen-bond acceptors (Lipinski definition) is 5. The summed E-state index contributed by atoms with van der Waals surface area (Å²) >= 11 is 1.58. The van der Waals surface area contributed by atoms with Gasteiger partial charge in [0.15, 0.2) is 5.82 Å². The van der Waals surface area contributed by atoms with E-state index < -0.39 is 11.6 Å². The second kappa shape index (κ2) is 6.28. The van der Waals surface area contributed by atoms with Crippen molar-refractivity contribution in [3.8, 4) is 0 Å². The first kappa shape index (κ1) is 16.6. The minimum Gasteiger partial charge on any atom is -0.353 e. The van der Waals surface area contributed by atoms with Crippen molar-refractivity contribution in [2.24, 2.45) is 4.99 Å². The van der Waals surface area contributed by atoms with Crippen LogP contribution in [0.5, 0.6) is 0 Å². The molecule has 1 aromatic heterocycles. The summed E-state index contributed by atoms with van der Waals surface area (Å²) in [5.74, 6) is -0.504. The monoisotopic (exact) mass is 384 g/mol. The van der Waals surface area contributed by atoms with Crippen LogP contribution in [0.3, 0.4) is 0 Å². The Kier molecular flexibility index (Phi) is 3.87. The minimum atomic E-state index is -0.649. The highest BCUT2D eigenvalue weighted by Crippen LogP contribution is 2.44. The first-order valence-corrected chi connectivity index (χ1v) is 9.72. The van der Waals surface area contributed by atoms with Gasteiger partial charge in [-0.05, 0) is 19.2 Å². The Morgan fingerprint density at radius 3 is 2.67 bits per heavy atom. The average molecular weight is 384 g/mol. The highest BCUT2D eigenvalue weighted by molar-refractivity contribution is 7.23.